The zero-order valence-electron chi connectivity index (χ0n) is 15.0. The Labute approximate surface area is 149 Å². The van der Waals surface area contributed by atoms with Crippen molar-refractivity contribution in [1.82, 2.24) is 9.80 Å². The Hall–Kier alpha value is -1.07. The molecule has 0 saturated heterocycles. The first-order chi connectivity index (χ1) is 11.5. The van der Waals surface area contributed by atoms with Gasteiger partial charge in [0.15, 0.2) is 0 Å². The first-order valence-electron chi connectivity index (χ1n) is 8.83. The number of nitrogens with zero attached hydrogens (tertiary/aromatic N) is 2. The third kappa shape index (κ3) is 5.78. The van der Waals surface area contributed by atoms with Crippen molar-refractivity contribution in [1.29, 1.82) is 0 Å². The Morgan fingerprint density at radius 2 is 2.08 bits per heavy atom. The summed E-state index contributed by atoms with van der Waals surface area (Å²) in [5, 5.41) is 0. The normalized spacial score (nSPS) is 15.5. The van der Waals surface area contributed by atoms with Crippen LogP contribution in [0.3, 0.4) is 0 Å². The van der Waals surface area contributed by atoms with Crippen molar-refractivity contribution in [3.05, 3.63) is 35.6 Å². The lowest BCUT2D eigenvalue weighted by atomic mass is 10.2. The van der Waals surface area contributed by atoms with Gasteiger partial charge in [0.25, 0.3) is 0 Å². The molecule has 1 atom stereocenters. The number of benzene rings is 1. The summed E-state index contributed by atoms with van der Waals surface area (Å²) in [6, 6.07) is 7.41. The molecule has 0 spiro atoms. The Bertz CT molecular complexity index is 536. The number of rotatable bonds is 10. The number of amides is 1. The maximum Gasteiger partial charge on any atom is 0.237 e. The molecule has 1 aromatic rings. The van der Waals surface area contributed by atoms with E-state index < -0.39 is 0 Å². The number of carbonyl (C=O) groups is 1. The van der Waals surface area contributed by atoms with E-state index in [-0.39, 0.29) is 17.8 Å². The molecule has 0 radical (unpaired) electrons. The van der Waals surface area contributed by atoms with E-state index >= 15 is 0 Å². The van der Waals surface area contributed by atoms with Gasteiger partial charge in [-0.2, -0.15) is 11.8 Å². The summed E-state index contributed by atoms with van der Waals surface area (Å²) in [7, 11) is 2.01. The molecule has 0 N–H and O–H groups in total. The van der Waals surface area contributed by atoms with E-state index in [1.165, 1.54) is 6.07 Å². The quantitative estimate of drug-likeness (QED) is 0.599. The standard InChI is InChI=1S/C19H29FN2OS/c1-4-24-12-11-15(2)21(3)14-19(23)22(17-9-10-17)13-16-7-5-6-8-18(16)20/h5-8,15,17H,4,9-14H2,1-3H3/t15-/m1/s1. The monoisotopic (exact) mass is 352 g/mol. The van der Waals surface area contributed by atoms with Crippen LogP contribution in [-0.4, -0.2) is 52.9 Å². The molecule has 2 rings (SSSR count). The Balaban J connectivity index is 1.91. The van der Waals surface area contributed by atoms with Crippen LogP contribution >= 0.6 is 11.8 Å². The van der Waals surface area contributed by atoms with Crippen LogP contribution < -0.4 is 0 Å². The fraction of sp³-hybridized carbons (Fsp3) is 0.632. The van der Waals surface area contributed by atoms with Crippen LogP contribution in [0.2, 0.25) is 0 Å². The minimum atomic E-state index is -0.228. The number of halogens is 1. The van der Waals surface area contributed by atoms with Crippen molar-refractivity contribution < 1.29 is 9.18 Å². The Morgan fingerprint density at radius 1 is 1.38 bits per heavy atom. The van der Waals surface area contributed by atoms with Crippen LogP contribution in [0.4, 0.5) is 4.39 Å². The number of carbonyl (C=O) groups excluding carboxylic acids is 1. The summed E-state index contributed by atoms with van der Waals surface area (Å²) < 4.78 is 13.9. The molecule has 1 aliphatic rings. The van der Waals surface area contributed by atoms with Crippen LogP contribution in [0.5, 0.6) is 0 Å². The summed E-state index contributed by atoms with van der Waals surface area (Å²) in [5.41, 5.74) is 0.604. The van der Waals surface area contributed by atoms with Crippen LogP contribution in [0.15, 0.2) is 24.3 Å². The Kier molecular flexibility index (Phi) is 7.56. The van der Waals surface area contributed by atoms with E-state index in [1.807, 2.05) is 29.8 Å². The predicted octanol–water partition coefficient (Wildman–Crippen LogP) is 3.78. The van der Waals surface area contributed by atoms with Crippen molar-refractivity contribution in [2.24, 2.45) is 0 Å². The molecular weight excluding hydrogens is 323 g/mol. The molecule has 24 heavy (non-hydrogen) atoms. The Morgan fingerprint density at radius 3 is 2.71 bits per heavy atom. The molecule has 0 unspecified atom stereocenters. The summed E-state index contributed by atoms with van der Waals surface area (Å²) in [6.07, 6.45) is 3.15. The smallest absolute Gasteiger partial charge is 0.237 e. The highest BCUT2D eigenvalue weighted by Crippen LogP contribution is 2.29. The highest BCUT2D eigenvalue weighted by molar-refractivity contribution is 7.99. The van der Waals surface area contributed by atoms with Gasteiger partial charge in [0.2, 0.25) is 5.91 Å². The van der Waals surface area contributed by atoms with Gasteiger partial charge in [-0.25, -0.2) is 4.39 Å². The first-order valence-corrected chi connectivity index (χ1v) is 9.99. The molecule has 134 valence electrons. The number of hydrogen-bond acceptors (Lipinski definition) is 3. The van der Waals surface area contributed by atoms with E-state index in [0.29, 0.717) is 24.7 Å². The topological polar surface area (TPSA) is 23.6 Å². The first kappa shape index (κ1) is 19.3. The molecule has 1 aliphatic carbocycles. The largest absolute Gasteiger partial charge is 0.334 e. The molecule has 1 saturated carbocycles. The second-order valence-corrected chi connectivity index (χ2v) is 7.99. The fourth-order valence-corrected chi connectivity index (χ4v) is 3.49. The van der Waals surface area contributed by atoms with Gasteiger partial charge in [-0.3, -0.25) is 9.69 Å². The molecule has 1 fully saturated rings. The summed E-state index contributed by atoms with van der Waals surface area (Å²) in [4.78, 5) is 16.7. The van der Waals surface area contributed by atoms with Gasteiger partial charge >= 0.3 is 0 Å². The fourth-order valence-electron chi connectivity index (χ4n) is 2.70. The van der Waals surface area contributed by atoms with Crippen LogP contribution in [0, 0.1) is 5.82 Å². The summed E-state index contributed by atoms with van der Waals surface area (Å²) in [6.45, 7) is 5.12. The number of thioether (sulfide) groups is 1. The van der Waals surface area contributed by atoms with E-state index in [0.717, 1.165) is 30.8 Å². The zero-order chi connectivity index (χ0) is 17.5. The molecule has 0 aliphatic heterocycles. The molecule has 0 heterocycles. The minimum absolute atomic E-state index is 0.109. The minimum Gasteiger partial charge on any atom is -0.334 e. The lowest BCUT2D eigenvalue weighted by Crippen LogP contribution is -2.42. The lowest BCUT2D eigenvalue weighted by Gasteiger charge is -2.29. The third-order valence-electron chi connectivity index (χ3n) is 4.63. The van der Waals surface area contributed by atoms with Crippen molar-refractivity contribution in [2.75, 3.05) is 25.1 Å². The van der Waals surface area contributed by atoms with Crippen LogP contribution in [0.1, 0.15) is 38.7 Å². The zero-order valence-corrected chi connectivity index (χ0v) is 15.8. The van der Waals surface area contributed by atoms with Crippen LogP contribution in [0.25, 0.3) is 0 Å². The highest BCUT2D eigenvalue weighted by atomic mass is 32.2. The lowest BCUT2D eigenvalue weighted by molar-refractivity contribution is -0.133. The van der Waals surface area contributed by atoms with E-state index in [4.69, 9.17) is 0 Å². The maximum atomic E-state index is 13.9. The van der Waals surface area contributed by atoms with Gasteiger partial charge in [0, 0.05) is 24.2 Å². The molecule has 0 aromatic heterocycles. The summed E-state index contributed by atoms with van der Waals surface area (Å²) >= 11 is 1.93. The SMILES string of the molecule is CCSCC[C@@H](C)N(C)CC(=O)N(Cc1ccccc1F)C1CC1. The van der Waals surface area contributed by atoms with Gasteiger partial charge in [-0.15, -0.1) is 0 Å². The second kappa shape index (κ2) is 9.42. The average Bonchev–Trinajstić information content (AvgIpc) is 3.38. The van der Waals surface area contributed by atoms with Crippen molar-refractivity contribution in [3.63, 3.8) is 0 Å². The second-order valence-electron chi connectivity index (χ2n) is 6.59. The number of likely N-dealkylation sites (N-methyl/N-ethyl adjacent to an activating group) is 1. The molecule has 3 nitrogen and oxygen atoms in total. The van der Waals surface area contributed by atoms with Crippen molar-refractivity contribution in [2.45, 2.75) is 51.7 Å². The van der Waals surface area contributed by atoms with Gasteiger partial charge < -0.3 is 4.90 Å². The van der Waals surface area contributed by atoms with E-state index in [1.54, 1.807) is 12.1 Å². The van der Waals surface area contributed by atoms with Crippen molar-refractivity contribution in [3.8, 4) is 0 Å². The summed E-state index contributed by atoms with van der Waals surface area (Å²) in [5.74, 6) is 2.14. The maximum absolute atomic E-state index is 13.9. The highest BCUT2D eigenvalue weighted by Gasteiger charge is 2.33. The van der Waals surface area contributed by atoms with Gasteiger partial charge in [-0.1, -0.05) is 25.1 Å². The van der Waals surface area contributed by atoms with Gasteiger partial charge in [-0.05, 0) is 50.8 Å². The average molecular weight is 353 g/mol. The third-order valence-corrected chi connectivity index (χ3v) is 5.56. The van der Waals surface area contributed by atoms with Gasteiger partial charge in [0.1, 0.15) is 5.82 Å². The number of hydrogen-bond donors (Lipinski definition) is 0. The molecule has 1 aromatic carbocycles. The molecule has 5 heteroatoms. The molecular formula is C19H29FN2OS. The van der Waals surface area contributed by atoms with E-state index in [2.05, 4.69) is 18.7 Å². The van der Waals surface area contributed by atoms with Gasteiger partial charge in [0.05, 0.1) is 6.54 Å². The molecule has 0 bridgehead atoms. The van der Waals surface area contributed by atoms with Crippen LogP contribution in [-0.2, 0) is 11.3 Å². The predicted molar refractivity (Wildman–Crippen MR) is 99.7 cm³/mol. The molecule has 1 amide bonds. The van der Waals surface area contributed by atoms with E-state index in [9.17, 15) is 9.18 Å². The van der Waals surface area contributed by atoms with Crippen molar-refractivity contribution >= 4 is 17.7 Å².